The second-order valence-corrected chi connectivity index (χ2v) is 7.22. The monoisotopic (exact) mass is 412 g/mol. The highest BCUT2D eigenvalue weighted by molar-refractivity contribution is 5.88. The summed E-state index contributed by atoms with van der Waals surface area (Å²) >= 11 is 0. The van der Waals surface area contributed by atoms with Crippen molar-refractivity contribution in [1.29, 1.82) is 0 Å². The molecule has 2 aromatic carbocycles. The van der Waals surface area contributed by atoms with E-state index in [0.717, 1.165) is 35.5 Å². The van der Waals surface area contributed by atoms with E-state index < -0.39 is 6.04 Å². The zero-order chi connectivity index (χ0) is 21.9. The van der Waals surface area contributed by atoms with Crippen molar-refractivity contribution in [3.63, 3.8) is 0 Å². The van der Waals surface area contributed by atoms with E-state index in [1.807, 2.05) is 48.5 Å². The Morgan fingerprint density at radius 2 is 1.47 bits per heavy atom. The lowest BCUT2D eigenvalue weighted by Gasteiger charge is -2.29. The third kappa shape index (κ3) is 6.79. The van der Waals surface area contributed by atoms with Crippen LogP contribution >= 0.6 is 0 Å². The Bertz CT molecular complexity index is 803. The number of amides is 2. The average molecular weight is 413 g/mol. The summed E-state index contributed by atoms with van der Waals surface area (Å²) in [4.78, 5) is 27.4. The second-order valence-electron chi connectivity index (χ2n) is 7.22. The fourth-order valence-electron chi connectivity index (χ4n) is 3.07. The van der Waals surface area contributed by atoms with Gasteiger partial charge in [0.05, 0.1) is 20.6 Å². The molecule has 0 aromatic heterocycles. The molecule has 2 aromatic rings. The summed E-state index contributed by atoms with van der Waals surface area (Å²) in [6.07, 6.45) is 2.13. The van der Waals surface area contributed by atoms with Crippen molar-refractivity contribution in [2.24, 2.45) is 0 Å². The van der Waals surface area contributed by atoms with Crippen molar-refractivity contribution in [3.05, 3.63) is 59.7 Å². The van der Waals surface area contributed by atoms with E-state index >= 15 is 0 Å². The van der Waals surface area contributed by atoms with Gasteiger partial charge in [-0.1, -0.05) is 37.6 Å². The molecule has 2 rings (SSSR count). The fourth-order valence-corrected chi connectivity index (χ4v) is 3.07. The first-order valence-corrected chi connectivity index (χ1v) is 10.3. The molecule has 0 fully saturated rings. The van der Waals surface area contributed by atoms with Crippen molar-refractivity contribution in [2.75, 3.05) is 20.8 Å². The standard InChI is InChI=1S/C24H32N2O4/c1-5-6-15-25-24(28)18(2)26(17-20-9-13-22(30-4)14-10-20)23(27)16-19-7-11-21(29-3)12-8-19/h7-14,18H,5-6,15-17H2,1-4H3,(H,25,28). The number of methoxy groups -OCH3 is 2. The lowest BCUT2D eigenvalue weighted by molar-refractivity contribution is -0.140. The molecule has 2 amide bonds. The summed E-state index contributed by atoms with van der Waals surface area (Å²) in [7, 11) is 3.22. The Morgan fingerprint density at radius 3 is 1.97 bits per heavy atom. The summed E-state index contributed by atoms with van der Waals surface area (Å²) in [5, 5.41) is 2.93. The number of carbonyl (C=O) groups is 2. The van der Waals surface area contributed by atoms with Crippen LogP contribution in [0.15, 0.2) is 48.5 Å². The molecular weight excluding hydrogens is 380 g/mol. The van der Waals surface area contributed by atoms with Crippen LogP contribution in [0.4, 0.5) is 0 Å². The highest BCUT2D eigenvalue weighted by Gasteiger charge is 2.26. The molecule has 0 aliphatic carbocycles. The van der Waals surface area contributed by atoms with Gasteiger partial charge in [-0.3, -0.25) is 9.59 Å². The Kier molecular flexibility index (Phi) is 9.19. The van der Waals surface area contributed by atoms with E-state index in [-0.39, 0.29) is 18.2 Å². The van der Waals surface area contributed by atoms with E-state index in [2.05, 4.69) is 12.2 Å². The first-order valence-electron chi connectivity index (χ1n) is 10.3. The van der Waals surface area contributed by atoms with Crippen LogP contribution in [-0.4, -0.2) is 43.5 Å². The van der Waals surface area contributed by atoms with Gasteiger partial charge in [0.1, 0.15) is 17.5 Å². The van der Waals surface area contributed by atoms with Gasteiger partial charge < -0.3 is 19.7 Å². The van der Waals surface area contributed by atoms with E-state index in [1.165, 1.54) is 0 Å². The molecule has 0 spiro atoms. The van der Waals surface area contributed by atoms with Crippen LogP contribution in [0.1, 0.15) is 37.8 Å². The Hall–Kier alpha value is -3.02. The van der Waals surface area contributed by atoms with Crippen LogP contribution in [0.2, 0.25) is 0 Å². The summed E-state index contributed by atoms with van der Waals surface area (Å²) in [5.41, 5.74) is 1.81. The van der Waals surface area contributed by atoms with Crippen molar-refractivity contribution in [2.45, 2.75) is 45.7 Å². The molecule has 6 heteroatoms. The molecule has 0 saturated carbocycles. The lowest BCUT2D eigenvalue weighted by atomic mass is 10.1. The molecule has 1 atom stereocenters. The maximum atomic E-state index is 13.2. The van der Waals surface area contributed by atoms with Gasteiger partial charge in [-0.25, -0.2) is 0 Å². The van der Waals surface area contributed by atoms with Crippen LogP contribution in [0, 0.1) is 0 Å². The number of carbonyl (C=O) groups excluding carboxylic acids is 2. The Balaban J connectivity index is 2.16. The fraction of sp³-hybridized carbons (Fsp3) is 0.417. The first-order chi connectivity index (χ1) is 14.5. The minimum atomic E-state index is -0.574. The molecule has 1 unspecified atom stereocenters. The van der Waals surface area contributed by atoms with Gasteiger partial charge in [-0.05, 0) is 48.7 Å². The normalized spacial score (nSPS) is 11.5. The zero-order valence-corrected chi connectivity index (χ0v) is 18.3. The maximum Gasteiger partial charge on any atom is 0.242 e. The average Bonchev–Trinajstić information content (AvgIpc) is 2.78. The Labute approximate surface area is 179 Å². The number of hydrogen-bond donors (Lipinski definition) is 1. The Morgan fingerprint density at radius 1 is 0.933 bits per heavy atom. The van der Waals surface area contributed by atoms with Crippen LogP contribution in [0.3, 0.4) is 0 Å². The molecule has 0 bridgehead atoms. The first kappa shape index (κ1) is 23.3. The van der Waals surface area contributed by atoms with E-state index in [1.54, 1.807) is 26.0 Å². The number of ether oxygens (including phenoxy) is 2. The van der Waals surface area contributed by atoms with Crippen LogP contribution < -0.4 is 14.8 Å². The number of benzene rings is 2. The van der Waals surface area contributed by atoms with Gasteiger partial charge >= 0.3 is 0 Å². The molecule has 30 heavy (non-hydrogen) atoms. The largest absolute Gasteiger partial charge is 0.497 e. The molecule has 0 aliphatic heterocycles. The zero-order valence-electron chi connectivity index (χ0n) is 18.3. The SMILES string of the molecule is CCCCNC(=O)C(C)N(Cc1ccc(OC)cc1)C(=O)Cc1ccc(OC)cc1. The molecule has 0 saturated heterocycles. The molecule has 0 heterocycles. The van der Waals surface area contributed by atoms with Crippen molar-refractivity contribution in [3.8, 4) is 11.5 Å². The van der Waals surface area contributed by atoms with Gasteiger partial charge in [0.25, 0.3) is 0 Å². The van der Waals surface area contributed by atoms with Gasteiger partial charge in [0.2, 0.25) is 11.8 Å². The molecule has 6 nitrogen and oxygen atoms in total. The molecule has 0 radical (unpaired) electrons. The topological polar surface area (TPSA) is 67.9 Å². The lowest BCUT2D eigenvalue weighted by Crippen LogP contribution is -2.48. The quantitative estimate of drug-likeness (QED) is 0.573. The van der Waals surface area contributed by atoms with Gasteiger partial charge in [0, 0.05) is 13.1 Å². The third-order valence-corrected chi connectivity index (χ3v) is 5.02. The van der Waals surface area contributed by atoms with E-state index in [0.29, 0.717) is 13.1 Å². The number of rotatable bonds is 11. The number of nitrogens with zero attached hydrogens (tertiary/aromatic N) is 1. The predicted molar refractivity (Wildman–Crippen MR) is 118 cm³/mol. The van der Waals surface area contributed by atoms with Gasteiger partial charge in [-0.2, -0.15) is 0 Å². The highest BCUT2D eigenvalue weighted by atomic mass is 16.5. The van der Waals surface area contributed by atoms with Gasteiger partial charge in [0.15, 0.2) is 0 Å². The van der Waals surface area contributed by atoms with Crippen LogP contribution in [0.5, 0.6) is 11.5 Å². The summed E-state index contributed by atoms with van der Waals surface area (Å²) in [5.74, 6) is 1.25. The molecule has 162 valence electrons. The van der Waals surface area contributed by atoms with E-state index in [9.17, 15) is 9.59 Å². The second kappa shape index (κ2) is 11.9. The maximum absolute atomic E-state index is 13.2. The van der Waals surface area contributed by atoms with Crippen molar-refractivity contribution >= 4 is 11.8 Å². The van der Waals surface area contributed by atoms with Gasteiger partial charge in [-0.15, -0.1) is 0 Å². The summed E-state index contributed by atoms with van der Waals surface area (Å²) in [6.45, 7) is 4.81. The molecule has 0 aliphatic rings. The minimum Gasteiger partial charge on any atom is -0.497 e. The molecule has 1 N–H and O–H groups in total. The smallest absolute Gasteiger partial charge is 0.242 e. The molecular formula is C24H32N2O4. The number of unbranched alkanes of at least 4 members (excludes halogenated alkanes) is 1. The summed E-state index contributed by atoms with van der Waals surface area (Å²) < 4.78 is 10.4. The van der Waals surface area contributed by atoms with Crippen LogP contribution in [-0.2, 0) is 22.6 Å². The van der Waals surface area contributed by atoms with Crippen LogP contribution in [0.25, 0.3) is 0 Å². The predicted octanol–water partition coefficient (Wildman–Crippen LogP) is 3.58. The van der Waals surface area contributed by atoms with Crippen molar-refractivity contribution in [1.82, 2.24) is 10.2 Å². The number of hydrogen-bond acceptors (Lipinski definition) is 4. The summed E-state index contributed by atoms with van der Waals surface area (Å²) in [6, 6.07) is 14.4. The minimum absolute atomic E-state index is 0.103. The highest BCUT2D eigenvalue weighted by Crippen LogP contribution is 2.17. The van der Waals surface area contributed by atoms with E-state index in [4.69, 9.17) is 9.47 Å². The number of nitrogens with one attached hydrogen (secondary N) is 1. The third-order valence-electron chi connectivity index (χ3n) is 5.02. The van der Waals surface area contributed by atoms with Crippen molar-refractivity contribution < 1.29 is 19.1 Å².